The average Bonchev–Trinajstić information content (AvgIpc) is 2.83. The minimum absolute atomic E-state index is 0.237. The molecule has 1 aromatic carbocycles. The summed E-state index contributed by atoms with van der Waals surface area (Å²) in [5, 5.41) is 11.6. The first-order chi connectivity index (χ1) is 10.0. The molecule has 1 aromatic heterocycles. The van der Waals surface area contributed by atoms with Gasteiger partial charge in [0, 0.05) is 18.1 Å². The van der Waals surface area contributed by atoms with E-state index < -0.39 is 18.3 Å². The van der Waals surface area contributed by atoms with Crippen LogP contribution in [0.3, 0.4) is 0 Å². The molecule has 1 aliphatic rings. The van der Waals surface area contributed by atoms with Crippen LogP contribution in [-0.2, 0) is 0 Å². The number of rotatable bonds is 2. The lowest BCUT2D eigenvalue weighted by Gasteiger charge is -2.34. The number of anilines is 1. The second-order valence-corrected chi connectivity index (χ2v) is 5.46. The van der Waals surface area contributed by atoms with E-state index in [-0.39, 0.29) is 13.0 Å². The number of nitrogens with zero attached hydrogens (tertiary/aromatic N) is 2. The highest BCUT2D eigenvalue weighted by atomic mass is 35.5. The van der Waals surface area contributed by atoms with Gasteiger partial charge in [-0.3, -0.25) is 0 Å². The molecular formula is C13H14ClFN4O2. The van der Waals surface area contributed by atoms with Crippen molar-refractivity contribution in [1.29, 1.82) is 0 Å². The van der Waals surface area contributed by atoms with E-state index in [4.69, 9.17) is 16.7 Å². The fourth-order valence-electron chi connectivity index (χ4n) is 2.53. The van der Waals surface area contributed by atoms with Crippen molar-refractivity contribution in [3.8, 4) is 0 Å². The molecule has 1 saturated heterocycles. The number of aromatic amines is 1. The average molecular weight is 313 g/mol. The third-order valence-corrected chi connectivity index (χ3v) is 3.80. The van der Waals surface area contributed by atoms with Crippen molar-refractivity contribution in [2.45, 2.75) is 18.6 Å². The molecule has 0 saturated carbocycles. The number of benzene rings is 1. The van der Waals surface area contributed by atoms with Crippen LogP contribution in [0.5, 0.6) is 0 Å². The molecule has 112 valence electrons. The Bertz CT molecular complexity index is 677. The summed E-state index contributed by atoms with van der Waals surface area (Å²) in [5.74, 6) is 0.594. The highest BCUT2D eigenvalue weighted by Gasteiger charge is 2.31. The van der Waals surface area contributed by atoms with E-state index in [9.17, 15) is 9.18 Å². The van der Waals surface area contributed by atoms with Crippen LogP contribution in [0.4, 0.5) is 15.1 Å². The van der Waals surface area contributed by atoms with Crippen LogP contribution in [0.1, 0.15) is 6.42 Å². The maximum Gasteiger partial charge on any atom is 0.405 e. The SMILES string of the molecule is O=C(O)N[C@@H]1CN(c2nc3ccc(Cl)cc3[nH]2)CC[C@H]1F. The third kappa shape index (κ3) is 2.87. The zero-order valence-corrected chi connectivity index (χ0v) is 11.8. The molecule has 1 amide bonds. The third-order valence-electron chi connectivity index (χ3n) is 3.57. The minimum Gasteiger partial charge on any atom is -0.465 e. The van der Waals surface area contributed by atoms with Crippen molar-refractivity contribution in [2.24, 2.45) is 0 Å². The van der Waals surface area contributed by atoms with E-state index >= 15 is 0 Å². The van der Waals surface area contributed by atoms with E-state index in [0.29, 0.717) is 17.5 Å². The summed E-state index contributed by atoms with van der Waals surface area (Å²) < 4.78 is 13.8. The predicted molar refractivity (Wildman–Crippen MR) is 77.8 cm³/mol. The second-order valence-electron chi connectivity index (χ2n) is 5.03. The second kappa shape index (κ2) is 5.40. The fourth-order valence-corrected chi connectivity index (χ4v) is 2.70. The van der Waals surface area contributed by atoms with Gasteiger partial charge in [0.1, 0.15) is 6.17 Å². The van der Waals surface area contributed by atoms with Gasteiger partial charge in [-0.2, -0.15) is 0 Å². The zero-order chi connectivity index (χ0) is 15.0. The number of hydrogen-bond donors (Lipinski definition) is 3. The Hall–Kier alpha value is -2.02. The van der Waals surface area contributed by atoms with E-state index in [1.807, 2.05) is 4.90 Å². The molecule has 3 rings (SSSR count). The van der Waals surface area contributed by atoms with Crippen LogP contribution >= 0.6 is 11.6 Å². The predicted octanol–water partition coefficient (Wildman–Crippen LogP) is 2.40. The van der Waals surface area contributed by atoms with E-state index in [1.165, 1.54) is 0 Å². The minimum atomic E-state index is -1.22. The summed E-state index contributed by atoms with van der Waals surface area (Å²) in [6, 6.07) is 4.55. The quantitative estimate of drug-likeness (QED) is 0.795. The smallest absolute Gasteiger partial charge is 0.405 e. The lowest BCUT2D eigenvalue weighted by molar-refractivity contribution is 0.167. The molecule has 2 heterocycles. The van der Waals surface area contributed by atoms with Crippen LogP contribution in [0.15, 0.2) is 18.2 Å². The highest BCUT2D eigenvalue weighted by molar-refractivity contribution is 6.31. The van der Waals surface area contributed by atoms with Gasteiger partial charge in [-0.15, -0.1) is 0 Å². The van der Waals surface area contributed by atoms with Crippen LogP contribution in [0, 0.1) is 0 Å². The molecule has 0 aliphatic carbocycles. The Kier molecular flexibility index (Phi) is 3.59. The molecule has 0 spiro atoms. The maximum absolute atomic E-state index is 13.8. The Morgan fingerprint density at radius 1 is 1.57 bits per heavy atom. The summed E-state index contributed by atoms with van der Waals surface area (Å²) in [7, 11) is 0. The van der Waals surface area contributed by atoms with E-state index in [2.05, 4.69) is 15.3 Å². The molecule has 0 bridgehead atoms. The van der Waals surface area contributed by atoms with E-state index in [0.717, 1.165) is 11.0 Å². The molecule has 1 aliphatic heterocycles. The zero-order valence-electron chi connectivity index (χ0n) is 11.0. The number of alkyl halides is 1. The number of piperidine rings is 1. The van der Waals surface area contributed by atoms with Crippen molar-refractivity contribution >= 4 is 34.7 Å². The molecule has 2 atom stereocenters. The number of nitrogens with one attached hydrogen (secondary N) is 2. The Morgan fingerprint density at radius 3 is 3.14 bits per heavy atom. The lowest BCUT2D eigenvalue weighted by Crippen LogP contribution is -2.53. The number of aromatic nitrogens is 2. The van der Waals surface area contributed by atoms with Gasteiger partial charge in [0.2, 0.25) is 5.95 Å². The largest absolute Gasteiger partial charge is 0.465 e. The van der Waals surface area contributed by atoms with Gasteiger partial charge >= 0.3 is 6.09 Å². The number of imidazole rings is 1. The van der Waals surface area contributed by atoms with Gasteiger partial charge in [0.25, 0.3) is 0 Å². The van der Waals surface area contributed by atoms with Crippen molar-refractivity contribution in [3.63, 3.8) is 0 Å². The molecule has 8 heteroatoms. The number of halogens is 2. The molecule has 21 heavy (non-hydrogen) atoms. The number of hydrogen-bond acceptors (Lipinski definition) is 3. The number of carbonyl (C=O) groups is 1. The number of amides is 1. The maximum atomic E-state index is 13.8. The molecule has 1 fully saturated rings. The number of carboxylic acid groups (broad SMARTS) is 1. The van der Waals surface area contributed by atoms with Gasteiger partial charge < -0.3 is 20.3 Å². The van der Waals surface area contributed by atoms with Crippen LogP contribution in [0.2, 0.25) is 5.02 Å². The van der Waals surface area contributed by atoms with Crippen LogP contribution in [-0.4, -0.2) is 46.5 Å². The van der Waals surface area contributed by atoms with E-state index in [1.54, 1.807) is 18.2 Å². The van der Waals surface area contributed by atoms with Crippen molar-refractivity contribution < 1.29 is 14.3 Å². The standard InChI is InChI=1S/C13H14ClFN4O2/c14-7-1-2-9-10(5-7)17-12(16-9)19-4-3-8(15)11(6-19)18-13(20)21/h1-2,5,8,11,18H,3-4,6H2,(H,16,17)(H,20,21)/t8-,11-/m1/s1. The van der Waals surface area contributed by atoms with Crippen molar-refractivity contribution in [2.75, 3.05) is 18.0 Å². The van der Waals surface area contributed by atoms with Gasteiger partial charge in [-0.25, -0.2) is 14.2 Å². The van der Waals surface area contributed by atoms with Gasteiger partial charge in [0.05, 0.1) is 17.1 Å². The topological polar surface area (TPSA) is 81.2 Å². The first-order valence-corrected chi connectivity index (χ1v) is 6.94. The van der Waals surface area contributed by atoms with Crippen LogP contribution in [0.25, 0.3) is 11.0 Å². The highest BCUT2D eigenvalue weighted by Crippen LogP contribution is 2.24. The normalized spacial score (nSPS) is 22.5. The van der Waals surface area contributed by atoms with Gasteiger partial charge in [-0.05, 0) is 24.6 Å². The van der Waals surface area contributed by atoms with Crippen molar-refractivity contribution in [3.05, 3.63) is 23.2 Å². The van der Waals surface area contributed by atoms with Gasteiger partial charge in [0.15, 0.2) is 0 Å². The summed E-state index contributed by atoms with van der Waals surface area (Å²) in [4.78, 5) is 20.1. The summed E-state index contributed by atoms with van der Waals surface area (Å²) >= 11 is 5.93. The first-order valence-electron chi connectivity index (χ1n) is 6.56. The summed E-state index contributed by atoms with van der Waals surface area (Å²) in [6.07, 6.45) is -2.15. The van der Waals surface area contributed by atoms with Crippen molar-refractivity contribution in [1.82, 2.24) is 15.3 Å². The fraction of sp³-hybridized carbons (Fsp3) is 0.385. The van der Waals surface area contributed by atoms with Crippen LogP contribution < -0.4 is 10.2 Å². The number of H-pyrrole nitrogens is 1. The summed E-state index contributed by atoms with van der Waals surface area (Å²) in [5.41, 5.74) is 1.56. The Morgan fingerprint density at radius 2 is 2.38 bits per heavy atom. The molecule has 0 radical (unpaired) electrons. The molecular weight excluding hydrogens is 299 g/mol. The Labute approximate surface area is 124 Å². The molecule has 0 unspecified atom stereocenters. The van der Waals surface area contributed by atoms with Gasteiger partial charge in [-0.1, -0.05) is 11.6 Å². The monoisotopic (exact) mass is 312 g/mol. The number of fused-ring (bicyclic) bond motifs is 1. The molecule has 6 nitrogen and oxygen atoms in total. The lowest BCUT2D eigenvalue weighted by atomic mass is 10.0. The molecule has 2 aromatic rings. The molecule has 3 N–H and O–H groups in total. The summed E-state index contributed by atoms with van der Waals surface area (Å²) in [6.45, 7) is 0.716. The first kappa shape index (κ1) is 13.9. The Balaban J connectivity index is 1.83.